The summed E-state index contributed by atoms with van der Waals surface area (Å²) in [6.07, 6.45) is 2.00. The molecule has 0 saturated carbocycles. The Bertz CT molecular complexity index is 299. The second-order valence-corrected chi connectivity index (χ2v) is 5.04. The third-order valence-corrected chi connectivity index (χ3v) is 4.06. The molecule has 14 heavy (non-hydrogen) atoms. The molecule has 78 valence electrons. The minimum Gasteiger partial charge on any atom is -0.207 e. The van der Waals surface area contributed by atoms with Gasteiger partial charge in [-0.1, -0.05) is 38.8 Å². The topological polar surface area (TPSA) is 0 Å². The van der Waals surface area contributed by atoms with Crippen LogP contribution in [0.25, 0.3) is 0 Å². The molecular formula is C11H13Br2F. The van der Waals surface area contributed by atoms with Crippen molar-refractivity contribution < 1.29 is 4.39 Å². The molecule has 0 heterocycles. The van der Waals surface area contributed by atoms with Crippen LogP contribution in [0.4, 0.5) is 4.39 Å². The highest BCUT2D eigenvalue weighted by atomic mass is 79.9. The SMILES string of the molecule is CC(CBr)CCc1cc(F)ccc1Br. The molecule has 0 bridgehead atoms. The lowest BCUT2D eigenvalue weighted by Gasteiger charge is -2.08. The van der Waals surface area contributed by atoms with Gasteiger partial charge in [0.15, 0.2) is 0 Å². The largest absolute Gasteiger partial charge is 0.207 e. The molecule has 0 saturated heterocycles. The maximum Gasteiger partial charge on any atom is 0.123 e. The molecule has 0 aliphatic heterocycles. The van der Waals surface area contributed by atoms with Crippen molar-refractivity contribution in [2.75, 3.05) is 5.33 Å². The molecule has 1 atom stereocenters. The Balaban J connectivity index is 2.62. The number of hydrogen-bond donors (Lipinski definition) is 0. The van der Waals surface area contributed by atoms with Crippen molar-refractivity contribution >= 4 is 31.9 Å². The van der Waals surface area contributed by atoms with Crippen molar-refractivity contribution in [3.8, 4) is 0 Å². The van der Waals surface area contributed by atoms with Crippen LogP contribution in [0, 0.1) is 11.7 Å². The summed E-state index contributed by atoms with van der Waals surface area (Å²) in [5, 5.41) is 1.000. The van der Waals surface area contributed by atoms with E-state index in [-0.39, 0.29) is 5.82 Å². The van der Waals surface area contributed by atoms with Crippen LogP contribution in [-0.2, 0) is 6.42 Å². The normalized spacial score (nSPS) is 12.9. The number of hydrogen-bond acceptors (Lipinski definition) is 0. The number of benzene rings is 1. The summed E-state index contributed by atoms with van der Waals surface area (Å²) >= 11 is 6.86. The van der Waals surface area contributed by atoms with Gasteiger partial charge in [0, 0.05) is 9.80 Å². The van der Waals surface area contributed by atoms with E-state index in [0.717, 1.165) is 28.2 Å². The standard InChI is InChI=1S/C11H13Br2F/c1-8(7-12)2-3-9-6-10(14)4-5-11(9)13/h4-6,8H,2-3,7H2,1H3. The Kier molecular flexibility index (Phi) is 5.10. The highest BCUT2D eigenvalue weighted by molar-refractivity contribution is 9.10. The van der Waals surface area contributed by atoms with Gasteiger partial charge in [0.05, 0.1) is 0 Å². The molecule has 0 fully saturated rings. The van der Waals surface area contributed by atoms with E-state index in [1.165, 1.54) is 6.07 Å². The van der Waals surface area contributed by atoms with Crippen LogP contribution in [-0.4, -0.2) is 5.33 Å². The monoisotopic (exact) mass is 322 g/mol. The molecule has 0 nitrogen and oxygen atoms in total. The molecule has 3 heteroatoms. The molecule has 1 aromatic carbocycles. The van der Waals surface area contributed by atoms with Gasteiger partial charge < -0.3 is 0 Å². The van der Waals surface area contributed by atoms with Crippen LogP contribution in [0.2, 0.25) is 0 Å². The summed E-state index contributed by atoms with van der Waals surface area (Å²) in [5.41, 5.74) is 1.05. The lowest BCUT2D eigenvalue weighted by molar-refractivity contribution is 0.591. The Morgan fingerprint density at radius 3 is 2.79 bits per heavy atom. The van der Waals surface area contributed by atoms with E-state index in [4.69, 9.17) is 0 Å². The van der Waals surface area contributed by atoms with Gasteiger partial charge in [-0.15, -0.1) is 0 Å². The Morgan fingerprint density at radius 2 is 2.14 bits per heavy atom. The van der Waals surface area contributed by atoms with Crippen LogP contribution in [0.5, 0.6) is 0 Å². The fourth-order valence-electron chi connectivity index (χ4n) is 1.21. The summed E-state index contributed by atoms with van der Waals surface area (Å²) < 4.78 is 13.9. The van der Waals surface area contributed by atoms with Gasteiger partial charge >= 0.3 is 0 Å². The molecule has 0 N–H and O–H groups in total. The molecule has 0 amide bonds. The number of aryl methyl sites for hydroxylation is 1. The summed E-state index contributed by atoms with van der Waals surface area (Å²) in [6.45, 7) is 2.18. The molecular weight excluding hydrogens is 311 g/mol. The fraction of sp³-hybridized carbons (Fsp3) is 0.455. The molecule has 0 aromatic heterocycles. The van der Waals surface area contributed by atoms with Crippen molar-refractivity contribution in [2.24, 2.45) is 5.92 Å². The summed E-state index contributed by atoms with van der Waals surface area (Å²) in [6, 6.07) is 4.84. The Morgan fingerprint density at radius 1 is 1.43 bits per heavy atom. The van der Waals surface area contributed by atoms with Gasteiger partial charge in [-0.25, -0.2) is 4.39 Å². The Labute approximate surface area is 101 Å². The number of halogens is 3. The van der Waals surface area contributed by atoms with Crippen molar-refractivity contribution in [3.63, 3.8) is 0 Å². The predicted octanol–water partition coefficient (Wildman–Crippen LogP) is 4.55. The average molecular weight is 324 g/mol. The van der Waals surface area contributed by atoms with Crippen LogP contribution in [0.1, 0.15) is 18.9 Å². The van der Waals surface area contributed by atoms with Crippen molar-refractivity contribution in [3.05, 3.63) is 34.1 Å². The first-order valence-electron chi connectivity index (χ1n) is 4.63. The van der Waals surface area contributed by atoms with E-state index in [0.29, 0.717) is 5.92 Å². The average Bonchev–Trinajstić information content (AvgIpc) is 2.19. The minimum atomic E-state index is -0.158. The molecule has 0 aliphatic rings. The third-order valence-electron chi connectivity index (χ3n) is 2.18. The summed E-state index contributed by atoms with van der Waals surface area (Å²) in [4.78, 5) is 0. The Hall–Kier alpha value is 0.110. The van der Waals surface area contributed by atoms with E-state index in [9.17, 15) is 4.39 Å². The summed E-state index contributed by atoms with van der Waals surface area (Å²) in [7, 11) is 0. The first-order chi connectivity index (χ1) is 6.63. The smallest absolute Gasteiger partial charge is 0.123 e. The predicted molar refractivity (Wildman–Crippen MR) is 65.4 cm³/mol. The van der Waals surface area contributed by atoms with E-state index in [2.05, 4.69) is 38.8 Å². The highest BCUT2D eigenvalue weighted by Crippen LogP contribution is 2.21. The van der Waals surface area contributed by atoms with Crippen molar-refractivity contribution in [1.82, 2.24) is 0 Å². The van der Waals surface area contributed by atoms with Gasteiger partial charge in [0.25, 0.3) is 0 Å². The van der Waals surface area contributed by atoms with Gasteiger partial charge in [-0.2, -0.15) is 0 Å². The lowest BCUT2D eigenvalue weighted by atomic mass is 10.0. The fourth-order valence-corrected chi connectivity index (χ4v) is 1.98. The zero-order valence-corrected chi connectivity index (χ0v) is 11.2. The maximum absolute atomic E-state index is 12.9. The zero-order chi connectivity index (χ0) is 10.6. The maximum atomic E-state index is 12.9. The second-order valence-electron chi connectivity index (χ2n) is 3.53. The van der Waals surface area contributed by atoms with E-state index >= 15 is 0 Å². The number of rotatable bonds is 4. The van der Waals surface area contributed by atoms with Crippen LogP contribution in [0.3, 0.4) is 0 Å². The minimum absolute atomic E-state index is 0.158. The highest BCUT2D eigenvalue weighted by Gasteiger charge is 2.04. The van der Waals surface area contributed by atoms with E-state index in [1.807, 2.05) is 0 Å². The van der Waals surface area contributed by atoms with Gasteiger partial charge in [-0.3, -0.25) is 0 Å². The first kappa shape index (κ1) is 12.2. The van der Waals surface area contributed by atoms with Crippen LogP contribution < -0.4 is 0 Å². The molecule has 0 aliphatic carbocycles. The second kappa shape index (κ2) is 5.86. The lowest BCUT2D eigenvalue weighted by Crippen LogP contribution is -1.99. The van der Waals surface area contributed by atoms with Crippen LogP contribution >= 0.6 is 31.9 Å². The van der Waals surface area contributed by atoms with Crippen molar-refractivity contribution in [1.29, 1.82) is 0 Å². The molecule has 0 spiro atoms. The summed E-state index contributed by atoms with van der Waals surface area (Å²) in [5.74, 6) is 0.472. The quantitative estimate of drug-likeness (QED) is 0.713. The molecule has 1 aromatic rings. The van der Waals surface area contributed by atoms with Gasteiger partial charge in [-0.05, 0) is 42.5 Å². The molecule has 1 unspecified atom stereocenters. The number of alkyl halides is 1. The first-order valence-corrected chi connectivity index (χ1v) is 6.55. The van der Waals surface area contributed by atoms with Gasteiger partial charge in [0.1, 0.15) is 5.82 Å². The van der Waals surface area contributed by atoms with E-state index < -0.39 is 0 Å². The zero-order valence-electron chi connectivity index (χ0n) is 8.06. The third kappa shape index (κ3) is 3.70. The molecule has 1 rings (SSSR count). The van der Waals surface area contributed by atoms with Crippen molar-refractivity contribution in [2.45, 2.75) is 19.8 Å². The van der Waals surface area contributed by atoms with Gasteiger partial charge in [0.2, 0.25) is 0 Å². The van der Waals surface area contributed by atoms with Crippen LogP contribution in [0.15, 0.2) is 22.7 Å². The molecule has 0 radical (unpaired) electrons. The van der Waals surface area contributed by atoms with E-state index in [1.54, 1.807) is 12.1 Å².